The van der Waals surface area contributed by atoms with Gasteiger partial charge in [0.25, 0.3) is 0 Å². The normalized spacial score (nSPS) is 17.6. The molecule has 1 aliphatic rings. The lowest BCUT2D eigenvalue weighted by atomic mass is 10.0. The van der Waals surface area contributed by atoms with Gasteiger partial charge >= 0.3 is 16.2 Å². The van der Waals surface area contributed by atoms with Crippen molar-refractivity contribution in [2.75, 3.05) is 17.8 Å². The molecule has 1 aromatic carbocycles. The number of carboxylic acid groups (broad SMARTS) is 1. The van der Waals surface area contributed by atoms with Crippen LogP contribution in [0.15, 0.2) is 18.2 Å². The van der Waals surface area contributed by atoms with Gasteiger partial charge in [-0.2, -0.15) is 12.7 Å². The molecule has 0 aliphatic carbocycles. The highest BCUT2D eigenvalue weighted by Gasteiger charge is 2.27. The van der Waals surface area contributed by atoms with E-state index in [0.29, 0.717) is 19.0 Å². The Hall–Kier alpha value is -1.67. The maximum atomic E-state index is 13.7. The molecule has 2 N–H and O–H groups in total. The highest BCUT2D eigenvalue weighted by atomic mass is 32.2. The van der Waals surface area contributed by atoms with Crippen molar-refractivity contribution in [3.8, 4) is 0 Å². The van der Waals surface area contributed by atoms with Crippen molar-refractivity contribution < 1.29 is 22.7 Å². The van der Waals surface area contributed by atoms with E-state index in [4.69, 9.17) is 5.11 Å². The van der Waals surface area contributed by atoms with E-state index in [0.717, 1.165) is 31.0 Å². The number of rotatable bonds is 4. The van der Waals surface area contributed by atoms with E-state index in [1.807, 2.05) is 6.92 Å². The summed E-state index contributed by atoms with van der Waals surface area (Å²) < 4.78 is 41.4. The summed E-state index contributed by atoms with van der Waals surface area (Å²) in [6, 6.07) is 2.99. The van der Waals surface area contributed by atoms with Crippen LogP contribution < -0.4 is 4.72 Å². The van der Waals surface area contributed by atoms with E-state index in [9.17, 15) is 17.6 Å². The molecular weight excluding hydrogens is 299 g/mol. The predicted molar refractivity (Wildman–Crippen MR) is 75.9 cm³/mol. The summed E-state index contributed by atoms with van der Waals surface area (Å²) in [4.78, 5) is 10.9. The van der Waals surface area contributed by atoms with Crippen LogP contribution in [-0.4, -0.2) is 36.9 Å². The fourth-order valence-electron chi connectivity index (χ4n) is 2.17. The smallest absolute Gasteiger partial charge is 0.335 e. The molecule has 2 rings (SSSR count). The average molecular weight is 316 g/mol. The van der Waals surface area contributed by atoms with Gasteiger partial charge in [-0.05, 0) is 37.0 Å². The molecule has 0 radical (unpaired) electrons. The Morgan fingerprint density at radius 3 is 2.57 bits per heavy atom. The lowest BCUT2D eigenvalue weighted by Gasteiger charge is -2.29. The van der Waals surface area contributed by atoms with Gasteiger partial charge in [-0.3, -0.25) is 4.72 Å². The van der Waals surface area contributed by atoms with Crippen molar-refractivity contribution in [3.63, 3.8) is 0 Å². The first kappa shape index (κ1) is 15.7. The molecule has 0 aromatic heterocycles. The van der Waals surface area contributed by atoms with Crippen LogP contribution in [0.2, 0.25) is 0 Å². The second kappa shape index (κ2) is 5.98. The first-order valence-electron chi connectivity index (χ1n) is 6.60. The van der Waals surface area contributed by atoms with Crippen molar-refractivity contribution in [1.29, 1.82) is 0 Å². The van der Waals surface area contributed by atoms with E-state index < -0.39 is 22.0 Å². The number of halogens is 1. The highest BCUT2D eigenvalue weighted by molar-refractivity contribution is 7.90. The number of carbonyl (C=O) groups is 1. The summed E-state index contributed by atoms with van der Waals surface area (Å²) in [6.07, 6.45) is 1.50. The van der Waals surface area contributed by atoms with Crippen molar-refractivity contribution >= 4 is 21.9 Å². The van der Waals surface area contributed by atoms with E-state index in [2.05, 4.69) is 4.72 Å². The largest absolute Gasteiger partial charge is 0.478 e. The summed E-state index contributed by atoms with van der Waals surface area (Å²) in [7, 11) is -3.87. The van der Waals surface area contributed by atoms with Gasteiger partial charge in [-0.15, -0.1) is 0 Å². The van der Waals surface area contributed by atoms with Crippen LogP contribution in [0.1, 0.15) is 30.1 Å². The summed E-state index contributed by atoms with van der Waals surface area (Å²) in [5.74, 6) is -1.60. The summed E-state index contributed by atoms with van der Waals surface area (Å²) in [6.45, 7) is 2.79. The van der Waals surface area contributed by atoms with Crippen LogP contribution in [-0.2, 0) is 10.2 Å². The number of aromatic carboxylic acids is 1. The Kier molecular flexibility index (Phi) is 4.48. The number of hydrogen-bond acceptors (Lipinski definition) is 3. The van der Waals surface area contributed by atoms with Gasteiger partial charge < -0.3 is 5.11 Å². The Labute approximate surface area is 122 Å². The molecule has 1 saturated heterocycles. The molecule has 1 aliphatic heterocycles. The van der Waals surface area contributed by atoms with Crippen molar-refractivity contribution in [1.82, 2.24) is 4.31 Å². The number of benzene rings is 1. The van der Waals surface area contributed by atoms with Crippen LogP contribution in [0.3, 0.4) is 0 Å². The summed E-state index contributed by atoms with van der Waals surface area (Å²) >= 11 is 0. The van der Waals surface area contributed by atoms with Gasteiger partial charge in [0.05, 0.1) is 11.3 Å². The third-order valence-electron chi connectivity index (χ3n) is 3.53. The van der Waals surface area contributed by atoms with Crippen LogP contribution in [0.25, 0.3) is 0 Å². The number of anilines is 1. The topological polar surface area (TPSA) is 86.7 Å². The zero-order valence-electron chi connectivity index (χ0n) is 11.5. The lowest BCUT2D eigenvalue weighted by Crippen LogP contribution is -2.41. The van der Waals surface area contributed by atoms with Gasteiger partial charge in [0.1, 0.15) is 5.82 Å². The fraction of sp³-hybridized carbons (Fsp3) is 0.462. The third kappa shape index (κ3) is 3.70. The standard InChI is InChI=1S/C13H17FN2O4S/c1-9-4-6-16(7-5-9)21(19,20)15-12-8-10(13(17)18)2-3-11(12)14/h2-3,8-9,15H,4-7H2,1H3,(H,17,18). The molecule has 21 heavy (non-hydrogen) atoms. The summed E-state index contributed by atoms with van der Waals surface area (Å²) in [5, 5.41) is 8.87. The second-order valence-corrected chi connectivity index (χ2v) is 6.86. The lowest BCUT2D eigenvalue weighted by molar-refractivity contribution is 0.0697. The minimum atomic E-state index is -3.87. The van der Waals surface area contributed by atoms with Crippen LogP contribution >= 0.6 is 0 Å². The van der Waals surface area contributed by atoms with Gasteiger partial charge in [-0.25, -0.2) is 9.18 Å². The molecule has 0 amide bonds. The molecule has 116 valence electrons. The van der Waals surface area contributed by atoms with Gasteiger partial charge in [0.2, 0.25) is 0 Å². The molecule has 8 heteroatoms. The van der Waals surface area contributed by atoms with E-state index in [-0.39, 0.29) is 11.3 Å². The summed E-state index contributed by atoms with van der Waals surface area (Å²) in [5.41, 5.74) is -0.533. The van der Waals surface area contributed by atoms with Crippen molar-refractivity contribution in [2.24, 2.45) is 5.92 Å². The van der Waals surface area contributed by atoms with Gasteiger partial charge in [0, 0.05) is 13.1 Å². The first-order valence-corrected chi connectivity index (χ1v) is 8.04. The minimum Gasteiger partial charge on any atom is -0.478 e. The minimum absolute atomic E-state index is 0.179. The molecule has 0 spiro atoms. The third-order valence-corrected chi connectivity index (χ3v) is 5.06. The molecule has 1 aromatic rings. The van der Waals surface area contributed by atoms with Crippen molar-refractivity contribution in [2.45, 2.75) is 19.8 Å². The Morgan fingerprint density at radius 1 is 1.38 bits per heavy atom. The predicted octanol–water partition coefficient (Wildman–Crippen LogP) is 1.91. The average Bonchev–Trinajstić information content (AvgIpc) is 2.41. The quantitative estimate of drug-likeness (QED) is 0.888. The van der Waals surface area contributed by atoms with E-state index >= 15 is 0 Å². The fourth-order valence-corrected chi connectivity index (χ4v) is 3.42. The number of carboxylic acids is 1. The van der Waals surface area contributed by atoms with Crippen LogP contribution in [0.5, 0.6) is 0 Å². The monoisotopic (exact) mass is 316 g/mol. The van der Waals surface area contributed by atoms with E-state index in [1.165, 1.54) is 4.31 Å². The van der Waals surface area contributed by atoms with Gasteiger partial charge in [0.15, 0.2) is 0 Å². The van der Waals surface area contributed by atoms with E-state index in [1.54, 1.807) is 0 Å². The molecule has 1 fully saturated rings. The van der Waals surface area contributed by atoms with Gasteiger partial charge in [-0.1, -0.05) is 6.92 Å². The molecule has 0 saturated carbocycles. The second-order valence-electron chi connectivity index (χ2n) is 5.19. The maximum absolute atomic E-state index is 13.7. The number of piperidine rings is 1. The molecule has 0 atom stereocenters. The zero-order chi connectivity index (χ0) is 15.6. The molecule has 0 unspecified atom stereocenters. The van der Waals surface area contributed by atoms with Crippen LogP contribution in [0, 0.1) is 11.7 Å². The number of hydrogen-bond donors (Lipinski definition) is 2. The van der Waals surface area contributed by atoms with Crippen LogP contribution in [0.4, 0.5) is 10.1 Å². The Morgan fingerprint density at radius 2 is 2.00 bits per heavy atom. The SMILES string of the molecule is CC1CCN(S(=O)(=O)Nc2cc(C(=O)O)ccc2F)CC1. The molecule has 0 bridgehead atoms. The Balaban J connectivity index is 2.20. The molecule has 1 heterocycles. The number of nitrogens with one attached hydrogen (secondary N) is 1. The first-order chi connectivity index (χ1) is 9.79. The molecular formula is C13H17FN2O4S. The number of nitrogens with zero attached hydrogens (tertiary/aromatic N) is 1. The zero-order valence-corrected chi connectivity index (χ0v) is 12.4. The Bertz CT molecular complexity index is 640. The maximum Gasteiger partial charge on any atom is 0.335 e. The molecule has 6 nitrogen and oxygen atoms in total. The highest BCUT2D eigenvalue weighted by Crippen LogP contribution is 2.22. The van der Waals surface area contributed by atoms with Crippen molar-refractivity contribution in [3.05, 3.63) is 29.6 Å².